The van der Waals surface area contributed by atoms with Crippen molar-refractivity contribution >= 4 is 28.1 Å². The second-order valence-electron chi connectivity index (χ2n) is 3.38. The van der Waals surface area contributed by atoms with Gasteiger partial charge in [0.25, 0.3) is 0 Å². The highest BCUT2D eigenvalue weighted by Gasteiger charge is 2.06. The van der Waals surface area contributed by atoms with Gasteiger partial charge in [-0.05, 0) is 24.1 Å². The number of aryl methyl sites for hydroxylation is 1. The molecular weight excluding hydrogens is 228 g/mol. The SMILES string of the molecule is Cc1cccc(Cl)c1Cc1cnc(N)s1. The average Bonchev–Trinajstić information content (AvgIpc) is 2.58. The first-order valence-electron chi connectivity index (χ1n) is 4.61. The van der Waals surface area contributed by atoms with Crippen LogP contribution in [0.1, 0.15) is 16.0 Å². The largest absolute Gasteiger partial charge is 0.375 e. The Morgan fingerprint density at radius 1 is 1.47 bits per heavy atom. The molecule has 0 aliphatic carbocycles. The second-order valence-corrected chi connectivity index (χ2v) is 4.93. The maximum absolute atomic E-state index is 6.14. The number of anilines is 1. The molecule has 0 bridgehead atoms. The summed E-state index contributed by atoms with van der Waals surface area (Å²) in [5.41, 5.74) is 7.94. The molecule has 0 saturated heterocycles. The Morgan fingerprint density at radius 3 is 2.87 bits per heavy atom. The molecule has 15 heavy (non-hydrogen) atoms. The molecule has 1 aromatic carbocycles. The molecule has 0 unspecified atom stereocenters. The average molecular weight is 239 g/mol. The van der Waals surface area contributed by atoms with E-state index in [1.165, 1.54) is 16.9 Å². The van der Waals surface area contributed by atoms with Crippen LogP contribution in [0.3, 0.4) is 0 Å². The lowest BCUT2D eigenvalue weighted by atomic mass is 10.1. The van der Waals surface area contributed by atoms with Crippen LogP contribution in [-0.2, 0) is 6.42 Å². The Balaban J connectivity index is 2.31. The molecule has 0 spiro atoms. The highest BCUT2D eigenvalue weighted by atomic mass is 35.5. The summed E-state index contributed by atoms with van der Waals surface area (Å²) in [5.74, 6) is 0. The van der Waals surface area contributed by atoms with Gasteiger partial charge in [-0.2, -0.15) is 0 Å². The van der Waals surface area contributed by atoms with Crippen LogP contribution in [0.25, 0.3) is 0 Å². The number of hydrogen-bond acceptors (Lipinski definition) is 3. The summed E-state index contributed by atoms with van der Waals surface area (Å²) in [4.78, 5) is 5.17. The van der Waals surface area contributed by atoms with Gasteiger partial charge in [0.05, 0.1) is 0 Å². The molecule has 0 radical (unpaired) electrons. The van der Waals surface area contributed by atoms with Crippen molar-refractivity contribution in [1.29, 1.82) is 0 Å². The van der Waals surface area contributed by atoms with Gasteiger partial charge in [0.15, 0.2) is 5.13 Å². The van der Waals surface area contributed by atoms with Gasteiger partial charge in [0.1, 0.15) is 0 Å². The monoisotopic (exact) mass is 238 g/mol. The van der Waals surface area contributed by atoms with Crippen LogP contribution in [-0.4, -0.2) is 4.98 Å². The first-order chi connectivity index (χ1) is 7.16. The summed E-state index contributed by atoms with van der Waals surface area (Å²) in [6.45, 7) is 2.06. The Morgan fingerprint density at radius 2 is 2.27 bits per heavy atom. The van der Waals surface area contributed by atoms with Crippen LogP contribution in [0.4, 0.5) is 5.13 Å². The fourth-order valence-corrected chi connectivity index (χ4v) is 2.45. The van der Waals surface area contributed by atoms with Crippen molar-refractivity contribution in [3.63, 3.8) is 0 Å². The summed E-state index contributed by atoms with van der Waals surface area (Å²) in [7, 11) is 0. The van der Waals surface area contributed by atoms with Crippen molar-refractivity contribution in [2.45, 2.75) is 13.3 Å². The van der Waals surface area contributed by atoms with E-state index < -0.39 is 0 Å². The molecule has 1 aromatic heterocycles. The summed E-state index contributed by atoms with van der Waals surface area (Å²) < 4.78 is 0. The number of halogens is 1. The molecule has 78 valence electrons. The fraction of sp³-hybridized carbons (Fsp3) is 0.182. The maximum atomic E-state index is 6.14. The predicted octanol–water partition coefficient (Wildman–Crippen LogP) is 3.28. The van der Waals surface area contributed by atoms with E-state index in [1.54, 1.807) is 0 Å². The van der Waals surface area contributed by atoms with E-state index >= 15 is 0 Å². The van der Waals surface area contributed by atoms with Crippen LogP contribution in [0.5, 0.6) is 0 Å². The van der Waals surface area contributed by atoms with E-state index in [0.29, 0.717) is 5.13 Å². The molecule has 0 saturated carbocycles. The zero-order valence-corrected chi connectivity index (χ0v) is 9.90. The zero-order chi connectivity index (χ0) is 10.8. The topological polar surface area (TPSA) is 38.9 Å². The van der Waals surface area contributed by atoms with Gasteiger partial charge in [0, 0.05) is 22.5 Å². The lowest BCUT2D eigenvalue weighted by Crippen LogP contribution is -1.90. The summed E-state index contributed by atoms with van der Waals surface area (Å²) >= 11 is 7.65. The smallest absolute Gasteiger partial charge is 0.180 e. The molecule has 0 atom stereocenters. The number of nitrogen functional groups attached to an aromatic ring is 1. The van der Waals surface area contributed by atoms with Crippen molar-refractivity contribution in [1.82, 2.24) is 4.98 Å². The van der Waals surface area contributed by atoms with E-state index in [2.05, 4.69) is 18.0 Å². The third kappa shape index (κ3) is 2.30. The number of nitrogens with zero attached hydrogens (tertiary/aromatic N) is 1. The van der Waals surface area contributed by atoms with Crippen molar-refractivity contribution in [2.24, 2.45) is 0 Å². The van der Waals surface area contributed by atoms with Crippen molar-refractivity contribution < 1.29 is 0 Å². The predicted molar refractivity (Wildman–Crippen MR) is 65.5 cm³/mol. The summed E-state index contributed by atoms with van der Waals surface area (Å²) in [5, 5.41) is 1.41. The number of hydrogen-bond donors (Lipinski definition) is 1. The van der Waals surface area contributed by atoms with Gasteiger partial charge in [-0.25, -0.2) is 4.98 Å². The number of nitrogens with two attached hydrogens (primary N) is 1. The molecule has 2 nitrogen and oxygen atoms in total. The van der Waals surface area contributed by atoms with Crippen molar-refractivity contribution in [2.75, 3.05) is 5.73 Å². The number of rotatable bonds is 2. The van der Waals surface area contributed by atoms with E-state index in [0.717, 1.165) is 21.9 Å². The Kier molecular flexibility index (Phi) is 2.93. The van der Waals surface area contributed by atoms with Crippen LogP contribution >= 0.6 is 22.9 Å². The minimum absolute atomic E-state index is 0.606. The molecule has 1 heterocycles. The van der Waals surface area contributed by atoms with E-state index in [-0.39, 0.29) is 0 Å². The normalized spacial score (nSPS) is 10.5. The molecule has 0 amide bonds. The molecule has 0 fully saturated rings. The van der Waals surface area contributed by atoms with Gasteiger partial charge in [-0.15, -0.1) is 11.3 Å². The third-order valence-corrected chi connectivity index (χ3v) is 3.46. The maximum Gasteiger partial charge on any atom is 0.180 e. The Hall–Kier alpha value is -1.06. The van der Waals surface area contributed by atoms with Gasteiger partial charge < -0.3 is 5.73 Å². The van der Waals surface area contributed by atoms with Gasteiger partial charge >= 0.3 is 0 Å². The third-order valence-electron chi connectivity index (χ3n) is 2.28. The van der Waals surface area contributed by atoms with E-state index in [1.807, 2.05) is 18.3 Å². The van der Waals surface area contributed by atoms with Crippen LogP contribution < -0.4 is 5.73 Å². The molecular formula is C11H11ClN2S. The molecule has 0 aliphatic heterocycles. The van der Waals surface area contributed by atoms with E-state index in [9.17, 15) is 0 Å². The minimum Gasteiger partial charge on any atom is -0.375 e. The lowest BCUT2D eigenvalue weighted by molar-refractivity contribution is 1.18. The standard InChI is InChI=1S/C11H11ClN2S/c1-7-3-2-4-10(12)9(7)5-8-6-14-11(13)15-8/h2-4,6H,5H2,1H3,(H2,13,14). The van der Waals surface area contributed by atoms with Gasteiger partial charge in [-0.1, -0.05) is 23.7 Å². The second kappa shape index (κ2) is 4.21. The number of aromatic nitrogens is 1. The highest BCUT2D eigenvalue weighted by molar-refractivity contribution is 7.15. The first kappa shape index (κ1) is 10.5. The molecule has 2 N–H and O–H groups in total. The quantitative estimate of drug-likeness (QED) is 0.872. The summed E-state index contributed by atoms with van der Waals surface area (Å²) in [6, 6.07) is 5.93. The van der Waals surface area contributed by atoms with Crippen LogP contribution in [0, 0.1) is 6.92 Å². The zero-order valence-electron chi connectivity index (χ0n) is 8.33. The van der Waals surface area contributed by atoms with E-state index in [4.69, 9.17) is 17.3 Å². The highest BCUT2D eigenvalue weighted by Crippen LogP contribution is 2.25. The van der Waals surface area contributed by atoms with Crippen molar-refractivity contribution in [3.8, 4) is 0 Å². The van der Waals surface area contributed by atoms with Crippen LogP contribution in [0.2, 0.25) is 5.02 Å². The Labute approximate surface area is 97.7 Å². The number of thiazole rings is 1. The van der Waals surface area contributed by atoms with Gasteiger partial charge in [0.2, 0.25) is 0 Å². The molecule has 2 rings (SSSR count). The first-order valence-corrected chi connectivity index (χ1v) is 5.80. The molecule has 2 aromatic rings. The Bertz CT molecular complexity index is 459. The number of benzene rings is 1. The lowest BCUT2D eigenvalue weighted by Gasteiger charge is -2.05. The molecule has 4 heteroatoms. The fourth-order valence-electron chi connectivity index (χ4n) is 1.47. The van der Waals surface area contributed by atoms with Crippen LogP contribution in [0.15, 0.2) is 24.4 Å². The van der Waals surface area contributed by atoms with Gasteiger partial charge in [-0.3, -0.25) is 0 Å². The summed E-state index contributed by atoms with van der Waals surface area (Å²) in [6.07, 6.45) is 2.61. The minimum atomic E-state index is 0.606. The van der Waals surface area contributed by atoms with Crippen molar-refractivity contribution in [3.05, 3.63) is 45.4 Å². The molecule has 0 aliphatic rings.